The molecule has 1 aliphatic rings. The van der Waals surface area contributed by atoms with Gasteiger partial charge >= 0.3 is 0 Å². The third-order valence-electron chi connectivity index (χ3n) is 3.62. The molecule has 0 saturated carbocycles. The molecule has 1 aliphatic heterocycles. The minimum absolute atomic E-state index is 0.0220. The lowest BCUT2D eigenvalue weighted by molar-refractivity contribution is 0.0716. The number of hydrogen-bond donors (Lipinski definition) is 2. The second-order valence-corrected chi connectivity index (χ2v) is 5.09. The summed E-state index contributed by atoms with van der Waals surface area (Å²) in [4.78, 5) is 1.72. The number of aliphatic hydroxyl groups excluding tert-OH is 2. The van der Waals surface area contributed by atoms with E-state index in [2.05, 4.69) is 0 Å². The van der Waals surface area contributed by atoms with Crippen molar-refractivity contribution in [1.29, 1.82) is 0 Å². The van der Waals surface area contributed by atoms with E-state index in [9.17, 15) is 19.0 Å². The van der Waals surface area contributed by atoms with Crippen molar-refractivity contribution in [2.45, 2.75) is 31.5 Å². The maximum absolute atomic E-state index is 13.6. The highest BCUT2D eigenvalue weighted by atomic mass is 19.1. The van der Waals surface area contributed by atoms with Gasteiger partial charge in [-0.25, -0.2) is 8.78 Å². The zero-order chi connectivity index (χ0) is 13.3. The van der Waals surface area contributed by atoms with E-state index in [0.717, 1.165) is 0 Å². The van der Waals surface area contributed by atoms with Crippen LogP contribution in [0.15, 0.2) is 18.2 Å². The van der Waals surface area contributed by atoms with E-state index in [4.69, 9.17) is 0 Å². The van der Waals surface area contributed by atoms with Crippen molar-refractivity contribution in [2.75, 3.05) is 13.2 Å². The molecule has 0 aromatic heterocycles. The zero-order valence-electron chi connectivity index (χ0n) is 10.2. The van der Waals surface area contributed by atoms with Gasteiger partial charge in [-0.2, -0.15) is 0 Å². The summed E-state index contributed by atoms with van der Waals surface area (Å²) in [5.41, 5.74) is -0.653. The summed E-state index contributed by atoms with van der Waals surface area (Å²) < 4.78 is 27.1. The predicted molar refractivity (Wildman–Crippen MR) is 62.9 cm³/mol. The molecule has 1 aromatic carbocycles. The first-order valence-electron chi connectivity index (χ1n) is 5.93. The van der Waals surface area contributed by atoms with Crippen molar-refractivity contribution in [3.63, 3.8) is 0 Å². The van der Waals surface area contributed by atoms with Crippen LogP contribution in [0.25, 0.3) is 0 Å². The average molecular weight is 257 g/mol. The number of nitrogens with zero attached hydrogens (tertiary/aromatic N) is 1. The van der Waals surface area contributed by atoms with Crippen molar-refractivity contribution in [1.82, 2.24) is 4.90 Å². The van der Waals surface area contributed by atoms with Crippen LogP contribution in [0.5, 0.6) is 0 Å². The monoisotopic (exact) mass is 257 g/mol. The Labute approximate surface area is 105 Å². The van der Waals surface area contributed by atoms with Gasteiger partial charge in [0.15, 0.2) is 0 Å². The molecular formula is C13H17F2NO2. The molecule has 1 heterocycles. The molecule has 2 atom stereocenters. The molecule has 0 amide bonds. The van der Waals surface area contributed by atoms with Gasteiger partial charge in [0.2, 0.25) is 0 Å². The Hall–Kier alpha value is -1.04. The van der Waals surface area contributed by atoms with Crippen molar-refractivity contribution in [2.24, 2.45) is 0 Å². The number of aliphatic hydroxyl groups is 2. The number of β-amino-alcohol motifs (C(OH)–C–C–N with tert-alkyl or cyclic N) is 1. The first-order valence-corrected chi connectivity index (χ1v) is 5.93. The van der Waals surface area contributed by atoms with E-state index in [-0.39, 0.29) is 18.7 Å². The fraction of sp³-hybridized carbons (Fsp3) is 0.538. The Bertz CT molecular complexity index is 421. The quantitative estimate of drug-likeness (QED) is 0.857. The lowest BCUT2D eigenvalue weighted by Gasteiger charge is -2.33. The number of rotatable bonds is 3. The highest BCUT2D eigenvalue weighted by molar-refractivity contribution is 5.20. The van der Waals surface area contributed by atoms with Crippen LogP contribution in [0.4, 0.5) is 8.78 Å². The minimum atomic E-state index is -0.631. The van der Waals surface area contributed by atoms with Crippen LogP contribution in [-0.2, 0) is 6.54 Å². The molecule has 0 bridgehead atoms. The van der Waals surface area contributed by atoms with Crippen LogP contribution in [0.1, 0.15) is 18.9 Å². The normalized spacial score (nSPS) is 28.8. The number of halogens is 2. The topological polar surface area (TPSA) is 43.7 Å². The van der Waals surface area contributed by atoms with E-state index >= 15 is 0 Å². The Morgan fingerprint density at radius 3 is 2.56 bits per heavy atom. The number of hydrogen-bond acceptors (Lipinski definition) is 3. The van der Waals surface area contributed by atoms with E-state index < -0.39 is 23.3 Å². The van der Waals surface area contributed by atoms with Crippen LogP contribution in [-0.4, -0.2) is 39.9 Å². The summed E-state index contributed by atoms with van der Waals surface area (Å²) >= 11 is 0. The lowest BCUT2D eigenvalue weighted by atomic mass is 9.99. The molecule has 0 aliphatic carbocycles. The fourth-order valence-corrected chi connectivity index (χ4v) is 2.47. The molecule has 2 rings (SSSR count). The largest absolute Gasteiger partial charge is 0.394 e. The molecule has 2 N–H and O–H groups in total. The summed E-state index contributed by atoms with van der Waals surface area (Å²) in [6.07, 6.45) is -0.170. The Balaban J connectivity index is 2.23. The molecule has 3 nitrogen and oxygen atoms in total. The molecule has 1 fully saturated rings. The van der Waals surface area contributed by atoms with Gasteiger partial charge in [0.25, 0.3) is 0 Å². The molecule has 18 heavy (non-hydrogen) atoms. The van der Waals surface area contributed by atoms with Crippen LogP contribution >= 0.6 is 0 Å². The maximum Gasteiger partial charge on any atom is 0.130 e. The molecule has 1 aromatic rings. The smallest absolute Gasteiger partial charge is 0.130 e. The zero-order valence-corrected chi connectivity index (χ0v) is 10.2. The minimum Gasteiger partial charge on any atom is -0.394 e. The maximum atomic E-state index is 13.6. The first-order chi connectivity index (χ1) is 8.46. The Morgan fingerprint density at radius 1 is 1.39 bits per heavy atom. The highest BCUT2D eigenvalue weighted by Gasteiger charge is 2.41. The third-order valence-corrected chi connectivity index (χ3v) is 3.62. The molecule has 1 saturated heterocycles. The van der Waals surface area contributed by atoms with Gasteiger partial charge in [-0.3, -0.25) is 4.90 Å². The van der Waals surface area contributed by atoms with Gasteiger partial charge in [0, 0.05) is 24.2 Å². The average Bonchev–Trinajstić information content (AvgIpc) is 2.60. The fourth-order valence-electron chi connectivity index (χ4n) is 2.47. The summed E-state index contributed by atoms with van der Waals surface area (Å²) in [6.45, 7) is 1.99. The lowest BCUT2D eigenvalue weighted by Crippen LogP contribution is -2.43. The number of likely N-dealkylation sites (tertiary alicyclic amines) is 1. The number of benzene rings is 1. The molecular weight excluding hydrogens is 240 g/mol. The van der Waals surface area contributed by atoms with Crippen molar-refractivity contribution in [3.05, 3.63) is 35.4 Å². The van der Waals surface area contributed by atoms with Gasteiger partial charge < -0.3 is 10.2 Å². The van der Waals surface area contributed by atoms with Crippen molar-refractivity contribution >= 4 is 0 Å². The summed E-state index contributed by atoms with van der Waals surface area (Å²) in [5.74, 6) is -1.20. The highest BCUT2D eigenvalue weighted by Crippen LogP contribution is 2.31. The van der Waals surface area contributed by atoms with Gasteiger partial charge in [-0.05, 0) is 25.5 Å². The summed E-state index contributed by atoms with van der Waals surface area (Å²) in [6, 6.07) is 3.74. The van der Waals surface area contributed by atoms with Crippen molar-refractivity contribution < 1.29 is 19.0 Å². The molecule has 0 unspecified atom stereocenters. The van der Waals surface area contributed by atoms with Gasteiger partial charge in [-0.1, -0.05) is 6.07 Å². The van der Waals surface area contributed by atoms with E-state index in [1.165, 1.54) is 18.2 Å². The van der Waals surface area contributed by atoms with Gasteiger partial charge in [0.1, 0.15) is 11.6 Å². The van der Waals surface area contributed by atoms with Crippen LogP contribution in [0, 0.1) is 11.6 Å². The molecule has 0 radical (unpaired) electrons. The molecule has 100 valence electrons. The van der Waals surface area contributed by atoms with Gasteiger partial charge in [-0.15, -0.1) is 0 Å². The standard InChI is InChI=1S/C13H17F2NO2/c1-13(8-17)5-9(18)6-16(13)7-10-11(14)3-2-4-12(10)15/h2-4,9,17-18H,5-8H2,1H3/t9-,13+/m0/s1. The van der Waals surface area contributed by atoms with E-state index in [0.29, 0.717) is 13.0 Å². The second kappa shape index (κ2) is 4.91. The van der Waals surface area contributed by atoms with Crippen LogP contribution in [0.3, 0.4) is 0 Å². The van der Waals surface area contributed by atoms with Crippen LogP contribution < -0.4 is 0 Å². The second-order valence-electron chi connectivity index (χ2n) is 5.09. The van der Waals surface area contributed by atoms with Crippen LogP contribution in [0.2, 0.25) is 0 Å². The Morgan fingerprint density at radius 2 is 2.00 bits per heavy atom. The van der Waals surface area contributed by atoms with Gasteiger partial charge in [0.05, 0.1) is 12.7 Å². The van der Waals surface area contributed by atoms with E-state index in [1.54, 1.807) is 11.8 Å². The van der Waals surface area contributed by atoms with E-state index in [1.807, 2.05) is 0 Å². The molecule has 5 heteroatoms. The predicted octanol–water partition coefficient (Wildman–Crippen LogP) is 1.28. The summed E-state index contributed by atoms with van der Waals surface area (Å²) in [5, 5.41) is 19.0. The first kappa shape index (κ1) is 13.4. The Kier molecular flexibility index (Phi) is 3.66. The van der Waals surface area contributed by atoms with Crippen molar-refractivity contribution in [3.8, 4) is 0 Å². The SMILES string of the molecule is C[C@]1(CO)C[C@H](O)CN1Cc1c(F)cccc1F. The summed E-state index contributed by atoms with van der Waals surface area (Å²) in [7, 11) is 0. The third kappa shape index (κ3) is 2.39. The molecule has 0 spiro atoms.